The molecule has 0 saturated carbocycles. The van der Waals surface area contributed by atoms with Crippen molar-refractivity contribution in [2.24, 2.45) is 0 Å². The second-order valence-electron chi connectivity index (χ2n) is 6.88. The number of rotatable bonds is 10. The third kappa shape index (κ3) is 6.41. The Balaban J connectivity index is 1.27. The smallest absolute Gasteiger partial charge is 0.123 e. The van der Waals surface area contributed by atoms with Crippen LogP contribution in [0.5, 0.6) is 11.5 Å². The largest absolute Gasteiger partial charge is 0.497 e. The van der Waals surface area contributed by atoms with E-state index in [0.717, 1.165) is 37.7 Å². The van der Waals surface area contributed by atoms with Crippen molar-refractivity contribution in [1.82, 2.24) is 4.90 Å². The van der Waals surface area contributed by atoms with Crippen LogP contribution < -0.4 is 14.4 Å². The van der Waals surface area contributed by atoms with Crippen LogP contribution in [0, 0.1) is 0 Å². The molecule has 1 aliphatic heterocycles. The summed E-state index contributed by atoms with van der Waals surface area (Å²) in [6.07, 6.45) is -0.486. The molecule has 1 heterocycles. The Kier molecular flexibility index (Phi) is 7.96. The maximum Gasteiger partial charge on any atom is 0.123 e. The van der Waals surface area contributed by atoms with E-state index in [4.69, 9.17) is 14.2 Å². The number of piperazine rings is 1. The Hall–Kier alpha value is -2.28. The van der Waals surface area contributed by atoms with Crippen molar-refractivity contribution in [3.8, 4) is 11.5 Å². The van der Waals surface area contributed by atoms with Gasteiger partial charge in [0.15, 0.2) is 0 Å². The van der Waals surface area contributed by atoms with E-state index in [0.29, 0.717) is 26.4 Å². The number of ether oxygens (including phenoxy) is 3. The fraction of sp³-hybridized carbons (Fsp3) is 0.455. The van der Waals surface area contributed by atoms with E-state index >= 15 is 0 Å². The number of benzene rings is 2. The second kappa shape index (κ2) is 10.9. The number of aliphatic hydroxyl groups is 1. The summed E-state index contributed by atoms with van der Waals surface area (Å²) >= 11 is 0. The molecule has 1 N–H and O–H groups in total. The molecule has 1 aliphatic rings. The highest BCUT2D eigenvalue weighted by Gasteiger charge is 2.19. The minimum Gasteiger partial charge on any atom is -0.497 e. The number of hydrogen-bond donors (Lipinski definition) is 1. The first kappa shape index (κ1) is 20.5. The van der Waals surface area contributed by atoms with Gasteiger partial charge in [0, 0.05) is 44.5 Å². The molecular formula is C22H30N2O4. The van der Waals surface area contributed by atoms with Crippen molar-refractivity contribution in [2.75, 3.05) is 64.6 Å². The Morgan fingerprint density at radius 1 is 0.929 bits per heavy atom. The van der Waals surface area contributed by atoms with Crippen molar-refractivity contribution < 1.29 is 19.3 Å². The van der Waals surface area contributed by atoms with Crippen LogP contribution in [0.15, 0.2) is 54.6 Å². The van der Waals surface area contributed by atoms with E-state index in [1.807, 2.05) is 30.3 Å². The van der Waals surface area contributed by atoms with Gasteiger partial charge >= 0.3 is 0 Å². The van der Waals surface area contributed by atoms with E-state index in [9.17, 15) is 5.11 Å². The minimum absolute atomic E-state index is 0.320. The maximum absolute atomic E-state index is 10.2. The number of anilines is 1. The van der Waals surface area contributed by atoms with Crippen molar-refractivity contribution in [2.45, 2.75) is 6.10 Å². The standard InChI is InChI=1S/C22H30N2O4/c1-26-21-8-5-9-22(16-21)28-15-14-27-18-20(25)17-23-10-12-24(13-11-23)19-6-3-2-4-7-19/h2-9,16,20,25H,10-15,17-18H2,1H3/t20-/m1/s1. The lowest BCUT2D eigenvalue weighted by Gasteiger charge is -2.36. The Bertz CT molecular complexity index is 690. The highest BCUT2D eigenvalue weighted by molar-refractivity contribution is 5.46. The molecule has 6 nitrogen and oxygen atoms in total. The monoisotopic (exact) mass is 386 g/mol. The molecule has 28 heavy (non-hydrogen) atoms. The van der Waals surface area contributed by atoms with Gasteiger partial charge in [-0.05, 0) is 24.3 Å². The van der Waals surface area contributed by atoms with Gasteiger partial charge < -0.3 is 24.2 Å². The molecule has 0 amide bonds. The first-order valence-electron chi connectivity index (χ1n) is 9.79. The zero-order valence-corrected chi connectivity index (χ0v) is 16.5. The molecule has 3 rings (SSSR count). The Morgan fingerprint density at radius 3 is 2.43 bits per heavy atom. The molecule has 0 aromatic heterocycles. The molecule has 2 aromatic carbocycles. The van der Waals surface area contributed by atoms with E-state index in [1.54, 1.807) is 7.11 Å². The molecule has 1 fully saturated rings. The summed E-state index contributed by atoms with van der Waals surface area (Å²) in [5.41, 5.74) is 1.27. The van der Waals surface area contributed by atoms with Gasteiger partial charge in [0.2, 0.25) is 0 Å². The van der Waals surface area contributed by atoms with Crippen LogP contribution in [0.2, 0.25) is 0 Å². The SMILES string of the molecule is COc1cccc(OCCOC[C@H](O)CN2CCN(c3ccccc3)CC2)c1. The molecule has 0 radical (unpaired) electrons. The molecular weight excluding hydrogens is 356 g/mol. The summed E-state index contributed by atoms with van der Waals surface area (Å²) in [5.74, 6) is 1.51. The average molecular weight is 386 g/mol. The lowest BCUT2D eigenvalue weighted by atomic mass is 10.2. The summed E-state index contributed by atoms with van der Waals surface area (Å²) < 4.78 is 16.4. The molecule has 0 spiro atoms. The summed E-state index contributed by atoms with van der Waals surface area (Å²) in [6, 6.07) is 17.9. The Labute approximate surface area is 167 Å². The topological polar surface area (TPSA) is 54.4 Å². The molecule has 2 aromatic rings. The van der Waals surface area contributed by atoms with Crippen LogP contribution in [-0.4, -0.2) is 75.8 Å². The van der Waals surface area contributed by atoms with E-state index in [-0.39, 0.29) is 0 Å². The van der Waals surface area contributed by atoms with Gasteiger partial charge in [0.25, 0.3) is 0 Å². The molecule has 0 bridgehead atoms. The predicted octanol–water partition coefficient (Wildman–Crippen LogP) is 2.27. The van der Waals surface area contributed by atoms with Crippen LogP contribution in [0.3, 0.4) is 0 Å². The zero-order chi connectivity index (χ0) is 19.6. The van der Waals surface area contributed by atoms with Crippen LogP contribution >= 0.6 is 0 Å². The Morgan fingerprint density at radius 2 is 1.68 bits per heavy atom. The first-order valence-corrected chi connectivity index (χ1v) is 9.79. The fourth-order valence-electron chi connectivity index (χ4n) is 3.31. The summed E-state index contributed by atoms with van der Waals surface area (Å²) in [4.78, 5) is 4.68. The quantitative estimate of drug-likeness (QED) is 0.633. The third-order valence-corrected chi connectivity index (χ3v) is 4.81. The number of aliphatic hydroxyl groups excluding tert-OH is 1. The third-order valence-electron chi connectivity index (χ3n) is 4.81. The first-order chi connectivity index (χ1) is 13.7. The highest BCUT2D eigenvalue weighted by Crippen LogP contribution is 2.18. The molecule has 1 atom stereocenters. The zero-order valence-electron chi connectivity index (χ0n) is 16.5. The van der Waals surface area contributed by atoms with Crippen molar-refractivity contribution >= 4 is 5.69 Å². The van der Waals surface area contributed by atoms with Crippen LogP contribution in [0.4, 0.5) is 5.69 Å². The van der Waals surface area contributed by atoms with Gasteiger partial charge in [-0.2, -0.15) is 0 Å². The van der Waals surface area contributed by atoms with E-state index in [1.165, 1.54) is 5.69 Å². The van der Waals surface area contributed by atoms with Crippen molar-refractivity contribution in [3.63, 3.8) is 0 Å². The number of para-hydroxylation sites is 1. The van der Waals surface area contributed by atoms with E-state index < -0.39 is 6.10 Å². The summed E-state index contributed by atoms with van der Waals surface area (Å²) in [7, 11) is 1.63. The van der Waals surface area contributed by atoms with Gasteiger partial charge in [-0.15, -0.1) is 0 Å². The second-order valence-corrected chi connectivity index (χ2v) is 6.88. The van der Waals surface area contributed by atoms with E-state index in [2.05, 4.69) is 34.1 Å². The number of nitrogens with zero attached hydrogens (tertiary/aromatic N) is 2. The molecule has 1 saturated heterocycles. The number of hydrogen-bond acceptors (Lipinski definition) is 6. The van der Waals surface area contributed by atoms with Gasteiger partial charge in [-0.3, -0.25) is 4.90 Å². The van der Waals surface area contributed by atoms with Crippen molar-refractivity contribution in [1.29, 1.82) is 0 Å². The summed E-state index contributed by atoms with van der Waals surface area (Å²) in [6.45, 7) is 5.69. The van der Waals surface area contributed by atoms with Gasteiger partial charge in [0.05, 0.1) is 26.4 Å². The summed E-state index contributed by atoms with van der Waals surface area (Å²) in [5, 5.41) is 10.2. The van der Waals surface area contributed by atoms with Gasteiger partial charge in [-0.25, -0.2) is 0 Å². The number of methoxy groups -OCH3 is 1. The lowest BCUT2D eigenvalue weighted by molar-refractivity contribution is 0.00717. The molecule has 152 valence electrons. The average Bonchev–Trinajstić information content (AvgIpc) is 2.75. The fourth-order valence-corrected chi connectivity index (χ4v) is 3.31. The predicted molar refractivity (Wildman–Crippen MR) is 110 cm³/mol. The number of β-amino-alcohol motifs (C(OH)–C–C–N with tert-alkyl or cyclic N) is 1. The van der Waals surface area contributed by atoms with Crippen LogP contribution in [-0.2, 0) is 4.74 Å². The highest BCUT2D eigenvalue weighted by atomic mass is 16.5. The van der Waals surface area contributed by atoms with Gasteiger partial charge in [0.1, 0.15) is 18.1 Å². The lowest BCUT2D eigenvalue weighted by Crippen LogP contribution is -2.49. The molecule has 0 aliphatic carbocycles. The van der Waals surface area contributed by atoms with Crippen LogP contribution in [0.1, 0.15) is 0 Å². The maximum atomic E-state index is 10.2. The normalized spacial score (nSPS) is 16.0. The molecule has 6 heteroatoms. The van der Waals surface area contributed by atoms with Gasteiger partial charge in [-0.1, -0.05) is 24.3 Å². The molecule has 0 unspecified atom stereocenters. The van der Waals surface area contributed by atoms with Crippen LogP contribution in [0.25, 0.3) is 0 Å². The minimum atomic E-state index is -0.486. The van der Waals surface area contributed by atoms with Crippen molar-refractivity contribution in [3.05, 3.63) is 54.6 Å².